The Labute approximate surface area is 169 Å². The van der Waals surface area contributed by atoms with Gasteiger partial charge >= 0.3 is 0 Å². The number of amides is 1. The second-order valence-electron chi connectivity index (χ2n) is 6.29. The lowest BCUT2D eigenvalue weighted by atomic mass is 10.2. The standard InChI is InChI=1S/C24H19N3O2/c28-24(20-10-12-21(13-11-20)27-16-2-3-17-27)26-14-1-4-18-29-22-9-5-7-19-8-6-15-25-23(19)22/h2-3,5-13,15-17H,14,18H2,(H,26,28). The van der Waals surface area contributed by atoms with Crippen molar-refractivity contribution in [2.45, 2.75) is 0 Å². The van der Waals surface area contributed by atoms with E-state index in [0.717, 1.165) is 16.6 Å². The van der Waals surface area contributed by atoms with Crippen molar-refractivity contribution < 1.29 is 9.53 Å². The zero-order chi connectivity index (χ0) is 19.9. The molecule has 1 N–H and O–H groups in total. The van der Waals surface area contributed by atoms with Gasteiger partial charge in [0.2, 0.25) is 0 Å². The SMILES string of the molecule is O=C(NCC#CCOc1cccc2cccnc12)c1ccc(-n2cccc2)cc1. The molecule has 0 spiro atoms. The first-order valence-corrected chi connectivity index (χ1v) is 9.25. The maximum absolute atomic E-state index is 12.2. The van der Waals surface area contributed by atoms with Gasteiger partial charge in [-0.1, -0.05) is 30.0 Å². The molecule has 5 heteroatoms. The van der Waals surface area contributed by atoms with Crippen molar-refractivity contribution in [2.75, 3.05) is 13.2 Å². The fourth-order valence-electron chi connectivity index (χ4n) is 2.94. The fraction of sp³-hybridized carbons (Fsp3) is 0.0833. The van der Waals surface area contributed by atoms with Crippen LogP contribution in [0.3, 0.4) is 0 Å². The van der Waals surface area contributed by atoms with Gasteiger partial charge in [-0.2, -0.15) is 0 Å². The van der Waals surface area contributed by atoms with Crippen molar-refractivity contribution in [2.24, 2.45) is 0 Å². The van der Waals surface area contributed by atoms with Gasteiger partial charge < -0.3 is 14.6 Å². The van der Waals surface area contributed by atoms with E-state index in [1.54, 1.807) is 18.3 Å². The normalized spacial score (nSPS) is 10.2. The number of aromatic nitrogens is 2. The van der Waals surface area contributed by atoms with Gasteiger partial charge in [-0.3, -0.25) is 9.78 Å². The highest BCUT2D eigenvalue weighted by molar-refractivity contribution is 5.94. The molecule has 0 aliphatic rings. The summed E-state index contributed by atoms with van der Waals surface area (Å²) in [6, 6.07) is 21.0. The average molecular weight is 381 g/mol. The zero-order valence-corrected chi connectivity index (χ0v) is 15.7. The van der Waals surface area contributed by atoms with Crippen molar-refractivity contribution >= 4 is 16.8 Å². The monoisotopic (exact) mass is 381 g/mol. The minimum absolute atomic E-state index is 0.155. The maximum atomic E-state index is 12.2. The van der Waals surface area contributed by atoms with E-state index >= 15 is 0 Å². The minimum Gasteiger partial charge on any atom is -0.479 e. The lowest BCUT2D eigenvalue weighted by Crippen LogP contribution is -2.23. The molecule has 0 radical (unpaired) electrons. The zero-order valence-electron chi connectivity index (χ0n) is 15.7. The highest BCUT2D eigenvalue weighted by atomic mass is 16.5. The van der Waals surface area contributed by atoms with Crippen molar-refractivity contribution in [1.82, 2.24) is 14.9 Å². The molecule has 0 saturated heterocycles. The highest BCUT2D eigenvalue weighted by Crippen LogP contribution is 2.22. The number of carbonyl (C=O) groups excluding carboxylic acids is 1. The Hall–Kier alpha value is -4.04. The molecule has 4 aromatic rings. The summed E-state index contributed by atoms with van der Waals surface area (Å²) in [7, 11) is 0. The van der Waals surface area contributed by atoms with Crippen LogP contribution >= 0.6 is 0 Å². The van der Waals surface area contributed by atoms with Crippen LogP contribution in [0.15, 0.2) is 85.3 Å². The minimum atomic E-state index is -0.155. The lowest BCUT2D eigenvalue weighted by Gasteiger charge is -2.05. The molecule has 5 nitrogen and oxygen atoms in total. The van der Waals surface area contributed by atoms with Crippen molar-refractivity contribution in [1.29, 1.82) is 0 Å². The Kier molecular flexibility index (Phi) is 5.54. The molecule has 2 aromatic carbocycles. The molecule has 4 rings (SSSR count). The van der Waals surface area contributed by atoms with E-state index in [2.05, 4.69) is 22.1 Å². The molecular formula is C24H19N3O2. The van der Waals surface area contributed by atoms with Gasteiger partial charge in [0.25, 0.3) is 5.91 Å². The van der Waals surface area contributed by atoms with Crippen LogP contribution < -0.4 is 10.1 Å². The largest absolute Gasteiger partial charge is 0.479 e. The third-order valence-corrected chi connectivity index (χ3v) is 4.39. The Balaban J connectivity index is 1.27. The molecule has 0 saturated carbocycles. The third-order valence-electron chi connectivity index (χ3n) is 4.39. The van der Waals surface area contributed by atoms with Crippen molar-refractivity contribution in [3.8, 4) is 23.3 Å². The van der Waals surface area contributed by atoms with E-state index in [-0.39, 0.29) is 19.1 Å². The summed E-state index contributed by atoms with van der Waals surface area (Å²) in [6.45, 7) is 0.493. The number of nitrogens with one attached hydrogen (secondary N) is 1. The van der Waals surface area contributed by atoms with Gasteiger partial charge in [0, 0.05) is 35.2 Å². The first-order valence-electron chi connectivity index (χ1n) is 9.25. The van der Waals surface area contributed by atoms with Crippen LogP contribution in [0.2, 0.25) is 0 Å². The molecule has 29 heavy (non-hydrogen) atoms. The molecule has 142 valence electrons. The lowest BCUT2D eigenvalue weighted by molar-refractivity contribution is 0.0958. The van der Waals surface area contributed by atoms with Crippen LogP contribution in [0.25, 0.3) is 16.6 Å². The van der Waals surface area contributed by atoms with E-state index in [0.29, 0.717) is 11.3 Å². The molecule has 0 bridgehead atoms. The van der Waals surface area contributed by atoms with Gasteiger partial charge in [0.1, 0.15) is 17.9 Å². The molecule has 0 unspecified atom stereocenters. The number of para-hydroxylation sites is 1. The van der Waals surface area contributed by atoms with Gasteiger partial charge in [0.05, 0.1) is 6.54 Å². The summed E-state index contributed by atoms with van der Waals surface area (Å²) >= 11 is 0. The number of ether oxygens (including phenoxy) is 1. The summed E-state index contributed by atoms with van der Waals surface area (Å²) in [5.74, 6) is 6.36. The summed E-state index contributed by atoms with van der Waals surface area (Å²) in [5, 5.41) is 3.82. The first-order chi connectivity index (χ1) is 14.3. The molecule has 0 fully saturated rings. The summed E-state index contributed by atoms with van der Waals surface area (Å²) in [5.41, 5.74) is 2.42. The number of hydrogen-bond donors (Lipinski definition) is 1. The summed E-state index contributed by atoms with van der Waals surface area (Å²) in [4.78, 5) is 16.6. The summed E-state index contributed by atoms with van der Waals surface area (Å²) < 4.78 is 7.69. The van der Waals surface area contributed by atoms with Gasteiger partial charge in [0.15, 0.2) is 0 Å². The number of benzene rings is 2. The van der Waals surface area contributed by atoms with Crippen LogP contribution in [0, 0.1) is 11.8 Å². The smallest absolute Gasteiger partial charge is 0.252 e. The Morgan fingerprint density at radius 1 is 0.966 bits per heavy atom. The van der Waals surface area contributed by atoms with Crippen molar-refractivity contribution in [3.05, 3.63) is 90.9 Å². The molecule has 0 aliphatic heterocycles. The predicted molar refractivity (Wildman–Crippen MR) is 113 cm³/mol. The number of pyridine rings is 1. The Morgan fingerprint density at radius 3 is 2.59 bits per heavy atom. The first kappa shape index (κ1) is 18.3. The molecule has 2 aromatic heterocycles. The molecule has 0 atom stereocenters. The molecule has 0 aliphatic carbocycles. The van der Waals surface area contributed by atoms with Crippen LogP contribution in [0.4, 0.5) is 0 Å². The van der Waals surface area contributed by atoms with Crippen LogP contribution in [-0.4, -0.2) is 28.6 Å². The second-order valence-corrected chi connectivity index (χ2v) is 6.29. The van der Waals surface area contributed by atoms with Crippen LogP contribution in [0.5, 0.6) is 5.75 Å². The van der Waals surface area contributed by atoms with E-state index in [1.165, 1.54) is 0 Å². The van der Waals surface area contributed by atoms with Gasteiger partial charge in [-0.25, -0.2) is 0 Å². The molecular weight excluding hydrogens is 362 g/mol. The van der Waals surface area contributed by atoms with E-state index in [4.69, 9.17) is 4.74 Å². The van der Waals surface area contributed by atoms with E-state index in [1.807, 2.05) is 71.6 Å². The van der Waals surface area contributed by atoms with Gasteiger partial charge in [-0.15, -0.1) is 0 Å². The Morgan fingerprint density at radius 2 is 1.76 bits per heavy atom. The van der Waals surface area contributed by atoms with E-state index in [9.17, 15) is 4.79 Å². The summed E-state index contributed by atoms with van der Waals surface area (Å²) in [6.07, 6.45) is 5.66. The van der Waals surface area contributed by atoms with Crippen molar-refractivity contribution in [3.63, 3.8) is 0 Å². The number of carbonyl (C=O) groups is 1. The molecule has 2 heterocycles. The average Bonchev–Trinajstić information content (AvgIpc) is 3.31. The number of rotatable bonds is 5. The number of nitrogens with zero attached hydrogens (tertiary/aromatic N) is 2. The predicted octanol–water partition coefficient (Wildman–Crippen LogP) is 3.84. The van der Waals surface area contributed by atoms with Gasteiger partial charge in [-0.05, 0) is 48.5 Å². The molecule has 1 amide bonds. The maximum Gasteiger partial charge on any atom is 0.252 e. The fourth-order valence-corrected chi connectivity index (χ4v) is 2.94. The van der Waals surface area contributed by atoms with Crippen LogP contribution in [0.1, 0.15) is 10.4 Å². The Bertz CT molecular complexity index is 1160. The van der Waals surface area contributed by atoms with Crippen LogP contribution in [-0.2, 0) is 0 Å². The highest BCUT2D eigenvalue weighted by Gasteiger charge is 2.04. The quantitative estimate of drug-likeness (QED) is 0.535. The van der Waals surface area contributed by atoms with E-state index < -0.39 is 0 Å². The topological polar surface area (TPSA) is 56.1 Å². The second kappa shape index (κ2) is 8.77. The number of hydrogen-bond acceptors (Lipinski definition) is 3. The number of fused-ring (bicyclic) bond motifs is 1. The third kappa shape index (κ3) is 4.45.